The fourth-order valence-corrected chi connectivity index (χ4v) is 1.96. The largest absolute Gasteiger partial charge is 0.361 e. The molecular formula is C14H19NO2. The van der Waals surface area contributed by atoms with Crippen LogP contribution in [0.25, 0.3) is 0 Å². The lowest BCUT2D eigenvalue weighted by Gasteiger charge is -2.26. The van der Waals surface area contributed by atoms with Crippen molar-refractivity contribution in [2.24, 2.45) is 0 Å². The van der Waals surface area contributed by atoms with Crippen LogP contribution in [0.2, 0.25) is 0 Å². The summed E-state index contributed by atoms with van der Waals surface area (Å²) in [6.07, 6.45) is 2.35. The van der Waals surface area contributed by atoms with Gasteiger partial charge in [-0.1, -0.05) is 29.8 Å². The highest BCUT2D eigenvalue weighted by Crippen LogP contribution is 2.09. The third-order valence-electron chi connectivity index (χ3n) is 3.06. The van der Waals surface area contributed by atoms with E-state index in [2.05, 4.69) is 31.2 Å². The molecule has 3 heteroatoms. The number of aryl methyl sites for hydroxylation is 2. The summed E-state index contributed by atoms with van der Waals surface area (Å²) in [5.41, 5.74) is 2.48. The monoisotopic (exact) mass is 233 g/mol. The van der Waals surface area contributed by atoms with E-state index in [0.717, 1.165) is 26.0 Å². The first kappa shape index (κ1) is 12.1. The van der Waals surface area contributed by atoms with Crippen molar-refractivity contribution in [3.05, 3.63) is 35.4 Å². The van der Waals surface area contributed by atoms with Gasteiger partial charge < -0.3 is 9.64 Å². The van der Waals surface area contributed by atoms with Gasteiger partial charge in [0.25, 0.3) is 0 Å². The van der Waals surface area contributed by atoms with Gasteiger partial charge in [0, 0.05) is 13.0 Å². The molecule has 0 atom stereocenters. The molecule has 17 heavy (non-hydrogen) atoms. The second-order valence-electron chi connectivity index (χ2n) is 4.53. The van der Waals surface area contributed by atoms with Gasteiger partial charge in [-0.05, 0) is 25.3 Å². The van der Waals surface area contributed by atoms with Gasteiger partial charge in [0.1, 0.15) is 6.73 Å². The average molecular weight is 233 g/mol. The first-order valence-corrected chi connectivity index (χ1v) is 6.17. The van der Waals surface area contributed by atoms with Crippen LogP contribution in [-0.2, 0) is 16.0 Å². The Morgan fingerprint density at radius 2 is 2.12 bits per heavy atom. The van der Waals surface area contributed by atoms with E-state index in [9.17, 15) is 4.79 Å². The standard InChI is InChI=1S/C14H19NO2/c1-12-3-5-13(6-4-12)7-8-14(16)15-9-2-10-17-11-15/h3-6H,2,7-11H2,1H3. The molecule has 0 aliphatic carbocycles. The van der Waals surface area contributed by atoms with Crippen molar-refractivity contribution in [1.29, 1.82) is 0 Å². The molecule has 0 radical (unpaired) electrons. The molecule has 3 nitrogen and oxygen atoms in total. The molecule has 1 saturated heterocycles. The molecule has 1 amide bonds. The van der Waals surface area contributed by atoms with Gasteiger partial charge >= 0.3 is 0 Å². The van der Waals surface area contributed by atoms with Crippen LogP contribution in [0.4, 0.5) is 0 Å². The van der Waals surface area contributed by atoms with Crippen LogP contribution < -0.4 is 0 Å². The van der Waals surface area contributed by atoms with E-state index in [-0.39, 0.29) is 5.91 Å². The first-order valence-electron chi connectivity index (χ1n) is 6.17. The summed E-state index contributed by atoms with van der Waals surface area (Å²) in [5.74, 6) is 0.199. The SMILES string of the molecule is Cc1ccc(CCC(=O)N2CCCOC2)cc1. The summed E-state index contributed by atoms with van der Waals surface area (Å²) < 4.78 is 5.28. The topological polar surface area (TPSA) is 29.5 Å². The first-order chi connectivity index (χ1) is 8.25. The number of benzene rings is 1. The maximum absolute atomic E-state index is 11.9. The number of carbonyl (C=O) groups is 1. The van der Waals surface area contributed by atoms with E-state index in [1.54, 1.807) is 4.90 Å². The zero-order chi connectivity index (χ0) is 12.1. The molecule has 1 aliphatic heterocycles. The molecule has 0 saturated carbocycles. The van der Waals surface area contributed by atoms with Gasteiger partial charge in [-0.2, -0.15) is 0 Å². The van der Waals surface area contributed by atoms with Crippen LogP contribution in [-0.4, -0.2) is 30.7 Å². The van der Waals surface area contributed by atoms with Gasteiger partial charge in [0.05, 0.1) is 6.61 Å². The Kier molecular flexibility index (Phi) is 4.15. The van der Waals surface area contributed by atoms with Crippen molar-refractivity contribution < 1.29 is 9.53 Å². The third-order valence-corrected chi connectivity index (χ3v) is 3.06. The van der Waals surface area contributed by atoms with Crippen molar-refractivity contribution >= 4 is 5.91 Å². The molecular weight excluding hydrogens is 214 g/mol. The molecule has 2 rings (SSSR count). The van der Waals surface area contributed by atoms with Crippen LogP contribution in [0.5, 0.6) is 0 Å². The van der Waals surface area contributed by atoms with Crippen LogP contribution in [0.3, 0.4) is 0 Å². The highest BCUT2D eigenvalue weighted by atomic mass is 16.5. The van der Waals surface area contributed by atoms with Crippen LogP contribution in [0, 0.1) is 6.92 Å². The van der Waals surface area contributed by atoms with Crippen LogP contribution in [0.1, 0.15) is 24.0 Å². The third kappa shape index (κ3) is 3.56. The Morgan fingerprint density at radius 3 is 2.76 bits per heavy atom. The van der Waals surface area contributed by atoms with Crippen LogP contribution >= 0.6 is 0 Å². The minimum atomic E-state index is 0.199. The molecule has 1 fully saturated rings. The minimum absolute atomic E-state index is 0.199. The molecule has 1 aromatic carbocycles. The zero-order valence-corrected chi connectivity index (χ0v) is 10.3. The molecule has 1 heterocycles. The molecule has 92 valence electrons. The van der Waals surface area contributed by atoms with Gasteiger partial charge in [0.2, 0.25) is 5.91 Å². The van der Waals surface area contributed by atoms with E-state index in [1.807, 2.05) is 0 Å². The normalized spacial score (nSPS) is 15.9. The Morgan fingerprint density at radius 1 is 1.35 bits per heavy atom. The number of amides is 1. The Hall–Kier alpha value is -1.35. The summed E-state index contributed by atoms with van der Waals surface area (Å²) in [4.78, 5) is 13.7. The lowest BCUT2D eigenvalue weighted by atomic mass is 10.1. The highest BCUT2D eigenvalue weighted by Gasteiger charge is 2.16. The van der Waals surface area contributed by atoms with Gasteiger partial charge in [-0.25, -0.2) is 0 Å². The van der Waals surface area contributed by atoms with E-state index < -0.39 is 0 Å². The van der Waals surface area contributed by atoms with Crippen molar-refractivity contribution in [3.8, 4) is 0 Å². The number of carbonyl (C=O) groups excluding carboxylic acids is 1. The smallest absolute Gasteiger partial charge is 0.224 e. The van der Waals surface area contributed by atoms with Crippen molar-refractivity contribution in [2.75, 3.05) is 19.9 Å². The zero-order valence-electron chi connectivity index (χ0n) is 10.3. The Balaban J connectivity index is 1.81. The second-order valence-corrected chi connectivity index (χ2v) is 4.53. The van der Waals surface area contributed by atoms with Gasteiger partial charge in [0.15, 0.2) is 0 Å². The van der Waals surface area contributed by atoms with E-state index >= 15 is 0 Å². The van der Waals surface area contributed by atoms with Gasteiger partial charge in [-0.3, -0.25) is 4.79 Å². The molecule has 0 N–H and O–H groups in total. The van der Waals surface area contributed by atoms with Crippen molar-refractivity contribution in [2.45, 2.75) is 26.2 Å². The minimum Gasteiger partial charge on any atom is -0.361 e. The summed E-state index contributed by atoms with van der Waals surface area (Å²) >= 11 is 0. The summed E-state index contributed by atoms with van der Waals surface area (Å²) in [6.45, 7) is 4.15. The summed E-state index contributed by atoms with van der Waals surface area (Å²) in [6, 6.07) is 8.36. The van der Waals surface area contributed by atoms with Gasteiger partial charge in [-0.15, -0.1) is 0 Å². The lowest BCUT2D eigenvalue weighted by molar-refractivity contribution is -0.140. The number of hydrogen-bond donors (Lipinski definition) is 0. The number of hydrogen-bond acceptors (Lipinski definition) is 2. The predicted molar refractivity (Wildman–Crippen MR) is 66.6 cm³/mol. The van der Waals surface area contributed by atoms with E-state index in [0.29, 0.717) is 13.2 Å². The second kappa shape index (κ2) is 5.82. The molecule has 1 aliphatic rings. The predicted octanol–water partition coefficient (Wildman–Crippen LogP) is 2.13. The van der Waals surface area contributed by atoms with Crippen molar-refractivity contribution in [1.82, 2.24) is 4.90 Å². The number of rotatable bonds is 3. The highest BCUT2D eigenvalue weighted by molar-refractivity contribution is 5.76. The number of ether oxygens (including phenoxy) is 1. The summed E-state index contributed by atoms with van der Waals surface area (Å²) in [7, 11) is 0. The Bertz CT molecular complexity index is 366. The van der Waals surface area contributed by atoms with Crippen molar-refractivity contribution in [3.63, 3.8) is 0 Å². The molecule has 1 aromatic rings. The van der Waals surface area contributed by atoms with E-state index in [1.165, 1.54) is 11.1 Å². The average Bonchev–Trinajstić information content (AvgIpc) is 2.39. The molecule has 0 aromatic heterocycles. The molecule has 0 bridgehead atoms. The fraction of sp³-hybridized carbons (Fsp3) is 0.500. The molecule has 0 spiro atoms. The fourth-order valence-electron chi connectivity index (χ4n) is 1.96. The van der Waals surface area contributed by atoms with E-state index in [4.69, 9.17) is 4.74 Å². The number of nitrogens with zero attached hydrogens (tertiary/aromatic N) is 1. The lowest BCUT2D eigenvalue weighted by Crippen LogP contribution is -2.38. The maximum atomic E-state index is 11.9. The summed E-state index contributed by atoms with van der Waals surface area (Å²) in [5, 5.41) is 0. The quantitative estimate of drug-likeness (QED) is 0.800. The van der Waals surface area contributed by atoms with Crippen LogP contribution in [0.15, 0.2) is 24.3 Å². The Labute approximate surface area is 102 Å². The molecule has 0 unspecified atom stereocenters. The maximum Gasteiger partial charge on any atom is 0.224 e.